The fraction of sp³-hybridized carbons (Fsp3) is 0.364. The molecule has 0 fully saturated rings. The minimum absolute atomic E-state index is 0.182. The highest BCUT2D eigenvalue weighted by Gasteiger charge is 2.23. The summed E-state index contributed by atoms with van der Waals surface area (Å²) in [7, 11) is 0. The first-order valence-corrected chi connectivity index (χ1v) is 11.9. The molecule has 1 aliphatic carbocycles. The number of nitrogens with zero attached hydrogens (tertiary/aromatic N) is 2. The lowest BCUT2D eigenvalue weighted by Crippen LogP contribution is -2.46. The number of rotatable bonds is 6. The highest BCUT2D eigenvalue weighted by atomic mass is 32.2. The van der Waals surface area contributed by atoms with Gasteiger partial charge in [0.2, 0.25) is 0 Å². The lowest BCUT2D eigenvalue weighted by atomic mass is 9.97. The smallest absolute Gasteiger partial charge is 0.276 e. The fourth-order valence-electron chi connectivity index (χ4n) is 3.42. The second-order valence-corrected chi connectivity index (χ2v) is 9.88. The van der Waals surface area contributed by atoms with E-state index < -0.39 is 11.2 Å². The van der Waals surface area contributed by atoms with Gasteiger partial charge in [-0.3, -0.25) is 20.4 Å². The number of amides is 2. The van der Waals surface area contributed by atoms with Crippen LogP contribution >= 0.6 is 23.1 Å². The first kappa shape index (κ1) is 21.6. The maximum absolute atomic E-state index is 12.5. The molecule has 9 heteroatoms. The standard InChI is InChI=1S/C22H24N4O3S2/c1-13-7-9-15(10-8-13)29-11-18(27)25-26-20(28)14(2)30-21-19-16-5-3-4-6-17(16)31-22(19)24-12-23-21/h7-10,12,14H,3-6,11H2,1-2H3,(H,25,27)(H,26,28)/t14-/m1/s1. The molecule has 1 aromatic carbocycles. The third-order valence-corrected chi connectivity index (χ3v) is 7.39. The molecule has 1 atom stereocenters. The Morgan fingerprint density at radius 1 is 1.16 bits per heavy atom. The summed E-state index contributed by atoms with van der Waals surface area (Å²) >= 11 is 3.11. The molecule has 0 saturated heterocycles. The van der Waals surface area contributed by atoms with Gasteiger partial charge in [0.1, 0.15) is 21.9 Å². The van der Waals surface area contributed by atoms with Gasteiger partial charge in [-0.2, -0.15) is 0 Å². The molecule has 4 rings (SSSR count). The van der Waals surface area contributed by atoms with Crippen LogP contribution in [0.5, 0.6) is 5.75 Å². The van der Waals surface area contributed by atoms with E-state index >= 15 is 0 Å². The maximum atomic E-state index is 12.5. The zero-order valence-corrected chi connectivity index (χ0v) is 19.1. The molecule has 0 spiro atoms. The molecule has 2 N–H and O–H groups in total. The molecule has 7 nitrogen and oxygen atoms in total. The quantitative estimate of drug-likeness (QED) is 0.335. The molecular formula is C22H24N4O3S2. The Kier molecular flexibility index (Phi) is 6.72. The average Bonchev–Trinajstić information content (AvgIpc) is 3.16. The number of benzene rings is 1. The lowest BCUT2D eigenvalue weighted by Gasteiger charge is -2.14. The van der Waals surface area contributed by atoms with Gasteiger partial charge in [0.15, 0.2) is 6.61 Å². The lowest BCUT2D eigenvalue weighted by molar-refractivity contribution is -0.129. The molecule has 31 heavy (non-hydrogen) atoms. The van der Waals surface area contributed by atoms with Gasteiger partial charge >= 0.3 is 0 Å². The SMILES string of the molecule is Cc1ccc(OCC(=O)NNC(=O)[C@@H](C)Sc2ncnc3sc4c(c23)CCCC4)cc1. The van der Waals surface area contributed by atoms with Crippen LogP contribution in [0.1, 0.15) is 35.8 Å². The predicted molar refractivity (Wildman–Crippen MR) is 122 cm³/mol. The molecule has 1 aliphatic rings. The molecule has 0 unspecified atom stereocenters. The topological polar surface area (TPSA) is 93.2 Å². The summed E-state index contributed by atoms with van der Waals surface area (Å²) in [5.74, 6) is -0.130. The molecule has 0 radical (unpaired) electrons. The summed E-state index contributed by atoms with van der Waals surface area (Å²) in [5.41, 5.74) is 7.32. The maximum Gasteiger partial charge on any atom is 0.276 e. The van der Waals surface area contributed by atoms with Crippen LogP contribution < -0.4 is 15.6 Å². The van der Waals surface area contributed by atoms with Crippen molar-refractivity contribution in [2.45, 2.75) is 49.8 Å². The van der Waals surface area contributed by atoms with E-state index in [0.29, 0.717) is 5.75 Å². The van der Waals surface area contributed by atoms with E-state index in [0.717, 1.165) is 33.6 Å². The van der Waals surface area contributed by atoms with Crippen LogP contribution in [-0.2, 0) is 22.4 Å². The van der Waals surface area contributed by atoms with Crippen molar-refractivity contribution in [2.24, 2.45) is 0 Å². The van der Waals surface area contributed by atoms with Crippen molar-refractivity contribution >= 4 is 45.1 Å². The Labute approximate surface area is 189 Å². The van der Waals surface area contributed by atoms with Crippen LogP contribution in [0.2, 0.25) is 0 Å². The molecular weight excluding hydrogens is 432 g/mol. The van der Waals surface area contributed by atoms with Crippen molar-refractivity contribution in [1.29, 1.82) is 0 Å². The number of hydrogen-bond donors (Lipinski definition) is 2. The number of ether oxygens (including phenoxy) is 1. The summed E-state index contributed by atoms with van der Waals surface area (Å²) < 4.78 is 5.42. The first-order valence-electron chi connectivity index (χ1n) is 10.2. The number of nitrogens with one attached hydrogen (secondary N) is 2. The van der Waals surface area contributed by atoms with Crippen LogP contribution in [0.25, 0.3) is 10.2 Å². The number of carbonyl (C=O) groups excluding carboxylic acids is 2. The Bertz CT molecular complexity index is 1100. The Morgan fingerprint density at radius 3 is 2.74 bits per heavy atom. The van der Waals surface area contributed by atoms with E-state index in [2.05, 4.69) is 20.8 Å². The summed E-state index contributed by atoms with van der Waals surface area (Å²) in [4.78, 5) is 35.7. The van der Waals surface area contributed by atoms with Crippen molar-refractivity contribution in [3.05, 3.63) is 46.6 Å². The second kappa shape index (κ2) is 9.65. The summed E-state index contributed by atoms with van der Waals surface area (Å²) in [5, 5.41) is 1.47. The normalized spacial score (nSPS) is 14.0. The Morgan fingerprint density at radius 2 is 1.94 bits per heavy atom. The molecule has 2 amide bonds. The van der Waals surface area contributed by atoms with Crippen LogP contribution in [0.15, 0.2) is 35.6 Å². The molecule has 0 aliphatic heterocycles. The highest BCUT2D eigenvalue weighted by molar-refractivity contribution is 8.00. The Hall–Kier alpha value is -2.65. The van der Waals surface area contributed by atoms with E-state index in [-0.39, 0.29) is 12.5 Å². The van der Waals surface area contributed by atoms with E-state index in [9.17, 15) is 9.59 Å². The largest absolute Gasteiger partial charge is 0.484 e. The Balaban J connectivity index is 1.32. The number of hydrogen-bond acceptors (Lipinski definition) is 7. The molecule has 2 heterocycles. The van der Waals surface area contributed by atoms with Gasteiger partial charge in [0, 0.05) is 10.3 Å². The highest BCUT2D eigenvalue weighted by Crippen LogP contribution is 2.40. The van der Waals surface area contributed by atoms with E-state index in [1.54, 1.807) is 36.7 Å². The van der Waals surface area contributed by atoms with Gasteiger partial charge in [-0.1, -0.05) is 29.5 Å². The van der Waals surface area contributed by atoms with Crippen molar-refractivity contribution in [3.8, 4) is 5.75 Å². The van der Waals surface area contributed by atoms with Crippen molar-refractivity contribution in [1.82, 2.24) is 20.8 Å². The number of thioether (sulfide) groups is 1. The summed E-state index contributed by atoms with van der Waals surface area (Å²) in [6, 6.07) is 7.41. The molecule has 0 saturated carbocycles. The third kappa shape index (κ3) is 5.16. The number of hydrazine groups is 1. The van der Waals surface area contributed by atoms with Crippen LogP contribution in [0.4, 0.5) is 0 Å². The number of carbonyl (C=O) groups is 2. The minimum atomic E-state index is -0.435. The zero-order chi connectivity index (χ0) is 21.8. The number of fused-ring (bicyclic) bond motifs is 3. The van der Waals surface area contributed by atoms with Gasteiger partial charge in [0.25, 0.3) is 11.8 Å². The van der Waals surface area contributed by atoms with Gasteiger partial charge in [0.05, 0.1) is 5.25 Å². The van der Waals surface area contributed by atoms with Crippen molar-refractivity contribution < 1.29 is 14.3 Å². The fourth-order valence-corrected chi connectivity index (χ4v) is 5.66. The van der Waals surface area contributed by atoms with Gasteiger partial charge in [-0.25, -0.2) is 9.97 Å². The van der Waals surface area contributed by atoms with Gasteiger partial charge in [-0.15, -0.1) is 11.3 Å². The minimum Gasteiger partial charge on any atom is -0.484 e. The van der Waals surface area contributed by atoms with Crippen LogP contribution in [0, 0.1) is 6.92 Å². The van der Waals surface area contributed by atoms with Crippen LogP contribution in [-0.4, -0.2) is 33.6 Å². The van der Waals surface area contributed by atoms with Crippen LogP contribution in [0.3, 0.4) is 0 Å². The number of aryl methyl sites for hydroxylation is 3. The van der Waals surface area contributed by atoms with Gasteiger partial charge < -0.3 is 4.74 Å². The third-order valence-electron chi connectivity index (χ3n) is 5.09. The number of aromatic nitrogens is 2. The first-order chi connectivity index (χ1) is 15.0. The number of thiophene rings is 1. The molecule has 3 aromatic rings. The molecule has 162 valence electrons. The van der Waals surface area contributed by atoms with E-state index in [1.165, 1.54) is 35.0 Å². The second-order valence-electron chi connectivity index (χ2n) is 7.47. The summed E-state index contributed by atoms with van der Waals surface area (Å²) in [6.45, 7) is 3.59. The predicted octanol–water partition coefficient (Wildman–Crippen LogP) is 3.59. The van der Waals surface area contributed by atoms with Gasteiger partial charge in [-0.05, 0) is 57.2 Å². The van der Waals surface area contributed by atoms with Crippen molar-refractivity contribution in [3.63, 3.8) is 0 Å². The molecule has 2 aromatic heterocycles. The van der Waals surface area contributed by atoms with E-state index in [4.69, 9.17) is 4.74 Å². The van der Waals surface area contributed by atoms with E-state index in [1.807, 2.05) is 19.1 Å². The zero-order valence-electron chi connectivity index (χ0n) is 17.4. The molecule has 0 bridgehead atoms. The summed E-state index contributed by atoms with van der Waals surface area (Å²) in [6.07, 6.45) is 6.06. The monoisotopic (exact) mass is 456 g/mol. The average molecular weight is 457 g/mol. The van der Waals surface area contributed by atoms with Crippen molar-refractivity contribution in [2.75, 3.05) is 6.61 Å².